The van der Waals surface area contributed by atoms with Crippen molar-refractivity contribution in [1.82, 2.24) is 15.3 Å². The van der Waals surface area contributed by atoms with E-state index < -0.39 is 0 Å². The van der Waals surface area contributed by atoms with Gasteiger partial charge in [-0.25, -0.2) is 9.97 Å². The Morgan fingerprint density at radius 1 is 1.00 bits per heavy atom. The maximum absolute atomic E-state index is 12.1. The number of anilines is 2. The van der Waals surface area contributed by atoms with Crippen molar-refractivity contribution in [3.8, 4) is 11.5 Å². The van der Waals surface area contributed by atoms with Crippen LogP contribution in [-0.2, 0) is 4.79 Å². The molecule has 1 amide bonds. The van der Waals surface area contributed by atoms with E-state index >= 15 is 0 Å². The Morgan fingerprint density at radius 3 is 2.31 bits per heavy atom. The first-order valence-corrected chi connectivity index (χ1v) is 12.5. The molecule has 3 aromatic rings. The van der Waals surface area contributed by atoms with Crippen molar-refractivity contribution in [2.24, 2.45) is 5.92 Å². The van der Waals surface area contributed by atoms with Gasteiger partial charge in [-0.15, -0.1) is 0 Å². The van der Waals surface area contributed by atoms with Gasteiger partial charge in [-0.05, 0) is 68.0 Å². The van der Waals surface area contributed by atoms with Gasteiger partial charge in [-0.2, -0.15) is 0 Å². The van der Waals surface area contributed by atoms with Crippen molar-refractivity contribution in [2.45, 2.75) is 58.0 Å². The molecule has 1 saturated carbocycles. The van der Waals surface area contributed by atoms with Crippen LogP contribution in [0.4, 0.5) is 11.6 Å². The fourth-order valence-corrected chi connectivity index (χ4v) is 4.45. The maximum Gasteiger partial charge on any atom is 0.220 e. The number of nitrogen functional groups attached to an aromatic ring is 1. The Bertz CT molecular complexity index is 1170. The van der Waals surface area contributed by atoms with E-state index in [9.17, 15) is 4.79 Å². The van der Waals surface area contributed by atoms with Gasteiger partial charge in [-0.1, -0.05) is 32.0 Å². The molecule has 0 saturated heterocycles. The summed E-state index contributed by atoms with van der Waals surface area (Å²) in [5, 5.41) is 15.5. The van der Waals surface area contributed by atoms with Crippen LogP contribution in [0.3, 0.4) is 0 Å². The van der Waals surface area contributed by atoms with Crippen molar-refractivity contribution >= 4 is 23.3 Å². The van der Waals surface area contributed by atoms with Crippen molar-refractivity contribution in [3.05, 3.63) is 72.1 Å². The van der Waals surface area contributed by atoms with Crippen molar-refractivity contribution in [1.29, 1.82) is 5.41 Å². The molecule has 0 radical (unpaired) electrons. The fourth-order valence-electron chi connectivity index (χ4n) is 4.45. The van der Waals surface area contributed by atoms with Crippen LogP contribution >= 0.6 is 0 Å². The Labute approximate surface area is 212 Å². The van der Waals surface area contributed by atoms with Crippen LogP contribution in [0.2, 0.25) is 0 Å². The molecule has 188 valence electrons. The Morgan fingerprint density at radius 2 is 1.64 bits per heavy atom. The lowest BCUT2D eigenvalue weighted by Crippen LogP contribution is -2.40. The van der Waals surface area contributed by atoms with E-state index in [4.69, 9.17) is 15.9 Å². The van der Waals surface area contributed by atoms with Gasteiger partial charge in [0.15, 0.2) is 0 Å². The minimum atomic E-state index is 0.126. The maximum atomic E-state index is 12.1. The molecular formula is C28H34N6O2. The molecule has 0 atom stereocenters. The Balaban J connectivity index is 1.40. The van der Waals surface area contributed by atoms with Gasteiger partial charge in [-0.3, -0.25) is 10.2 Å². The van der Waals surface area contributed by atoms with Crippen LogP contribution in [0, 0.1) is 11.3 Å². The molecule has 0 aliphatic heterocycles. The molecule has 1 aliphatic carbocycles. The molecule has 1 aromatic heterocycles. The quantitative estimate of drug-likeness (QED) is 0.310. The van der Waals surface area contributed by atoms with E-state index in [1.807, 2.05) is 54.6 Å². The smallest absolute Gasteiger partial charge is 0.220 e. The largest absolute Gasteiger partial charge is 0.457 e. The highest BCUT2D eigenvalue weighted by molar-refractivity contribution is 6.16. The van der Waals surface area contributed by atoms with E-state index in [1.54, 1.807) is 0 Å². The highest BCUT2D eigenvalue weighted by Crippen LogP contribution is 2.28. The third-order valence-corrected chi connectivity index (χ3v) is 6.28. The number of nitrogens with two attached hydrogens (primary N) is 1. The molecule has 4 rings (SSSR count). The summed E-state index contributed by atoms with van der Waals surface area (Å²) in [5.74, 6) is 2.74. The predicted octanol–water partition coefficient (Wildman–Crippen LogP) is 5.15. The fraction of sp³-hybridized carbons (Fsp3) is 0.357. The number of carbonyl (C=O) groups is 1. The number of rotatable bonds is 9. The van der Waals surface area contributed by atoms with E-state index in [2.05, 4.69) is 34.4 Å². The zero-order valence-electron chi connectivity index (χ0n) is 20.8. The van der Waals surface area contributed by atoms with Gasteiger partial charge >= 0.3 is 0 Å². The number of hydrogen-bond acceptors (Lipinski definition) is 7. The molecule has 5 N–H and O–H groups in total. The van der Waals surface area contributed by atoms with Gasteiger partial charge in [0, 0.05) is 24.1 Å². The summed E-state index contributed by atoms with van der Waals surface area (Å²) < 4.78 is 5.86. The lowest BCUT2D eigenvalue weighted by atomic mass is 9.90. The monoisotopic (exact) mass is 486 g/mol. The second-order valence-corrected chi connectivity index (χ2v) is 9.66. The molecule has 1 aliphatic rings. The highest BCUT2D eigenvalue weighted by atomic mass is 16.5. The molecule has 2 aromatic carbocycles. The van der Waals surface area contributed by atoms with E-state index in [0.29, 0.717) is 35.0 Å². The average molecular weight is 487 g/mol. The number of ether oxygens (including phenoxy) is 1. The molecule has 0 spiro atoms. The van der Waals surface area contributed by atoms with Crippen LogP contribution in [0.25, 0.3) is 0 Å². The summed E-state index contributed by atoms with van der Waals surface area (Å²) in [5.41, 5.74) is 7.63. The molecule has 8 heteroatoms. The molecule has 36 heavy (non-hydrogen) atoms. The molecular weight excluding hydrogens is 452 g/mol. The third kappa shape index (κ3) is 6.59. The number of nitrogens with zero attached hydrogens (tertiary/aromatic N) is 2. The lowest BCUT2D eigenvalue weighted by molar-refractivity contribution is -0.122. The van der Waals surface area contributed by atoms with Crippen molar-refractivity contribution in [2.75, 3.05) is 11.1 Å². The number of hydrogen-bond donors (Lipinski definition) is 4. The van der Waals surface area contributed by atoms with Gasteiger partial charge in [0.1, 0.15) is 29.5 Å². The van der Waals surface area contributed by atoms with Crippen molar-refractivity contribution < 1.29 is 9.53 Å². The second-order valence-electron chi connectivity index (χ2n) is 9.66. The number of nitrogens with one attached hydrogen (secondary N) is 3. The zero-order valence-corrected chi connectivity index (χ0v) is 20.8. The molecule has 1 heterocycles. The van der Waals surface area contributed by atoms with Crippen LogP contribution in [0.15, 0.2) is 60.9 Å². The minimum absolute atomic E-state index is 0.126. The van der Waals surface area contributed by atoms with Crippen molar-refractivity contribution in [3.63, 3.8) is 0 Å². The normalized spacial score (nSPS) is 17.4. The predicted molar refractivity (Wildman–Crippen MR) is 143 cm³/mol. The first kappa shape index (κ1) is 25.2. The Hall–Kier alpha value is -3.94. The third-order valence-electron chi connectivity index (χ3n) is 6.28. The summed E-state index contributed by atoms with van der Waals surface area (Å²) in [4.78, 5) is 20.7. The number of benzene rings is 2. The standard InChI is InChI=1S/C28H34N6O2/c1-18(2)16-24(35)33-20-10-12-21(13-11-20)34-28-25(27(30)31-17-32-28)26(29)19-8-14-23(15-9-19)36-22-6-4-3-5-7-22/h3-9,14-15,17-18,20-21,29H,10-13,16H2,1-2H3,(H,33,35)(H3,30,31,32,34). The van der Waals surface area contributed by atoms with Crippen LogP contribution < -0.4 is 21.1 Å². The average Bonchev–Trinajstić information content (AvgIpc) is 2.86. The molecule has 1 fully saturated rings. The topological polar surface area (TPSA) is 126 Å². The summed E-state index contributed by atoms with van der Waals surface area (Å²) in [7, 11) is 0. The van der Waals surface area contributed by atoms with Crippen LogP contribution in [0.1, 0.15) is 57.1 Å². The molecule has 8 nitrogen and oxygen atoms in total. The first-order valence-electron chi connectivity index (χ1n) is 12.5. The van der Waals surface area contributed by atoms with Gasteiger partial charge in [0.2, 0.25) is 5.91 Å². The second kappa shape index (κ2) is 11.7. The first-order chi connectivity index (χ1) is 17.4. The molecule has 0 bridgehead atoms. The highest BCUT2D eigenvalue weighted by Gasteiger charge is 2.25. The lowest BCUT2D eigenvalue weighted by Gasteiger charge is -2.30. The summed E-state index contributed by atoms with van der Waals surface area (Å²) in [6, 6.07) is 17.3. The van der Waals surface area contributed by atoms with E-state index in [-0.39, 0.29) is 29.5 Å². The van der Waals surface area contributed by atoms with Gasteiger partial charge < -0.3 is 21.1 Å². The SMILES string of the molecule is CC(C)CC(=O)NC1CCC(Nc2ncnc(N)c2C(=N)c2ccc(Oc3ccccc3)cc2)CC1. The number of para-hydroxylation sites is 1. The van der Waals surface area contributed by atoms with Crippen LogP contribution in [0.5, 0.6) is 11.5 Å². The summed E-state index contributed by atoms with van der Waals surface area (Å²) in [6.45, 7) is 4.10. The summed E-state index contributed by atoms with van der Waals surface area (Å²) >= 11 is 0. The minimum Gasteiger partial charge on any atom is -0.457 e. The van der Waals surface area contributed by atoms with E-state index in [0.717, 1.165) is 31.4 Å². The summed E-state index contributed by atoms with van der Waals surface area (Å²) in [6.07, 6.45) is 5.57. The van der Waals surface area contributed by atoms with Gasteiger partial charge in [0.25, 0.3) is 0 Å². The number of amides is 1. The zero-order chi connectivity index (χ0) is 25.5. The van der Waals surface area contributed by atoms with Crippen LogP contribution in [-0.4, -0.2) is 33.7 Å². The molecule has 0 unspecified atom stereocenters. The van der Waals surface area contributed by atoms with Gasteiger partial charge in [0.05, 0.1) is 11.3 Å². The number of carbonyl (C=O) groups excluding carboxylic acids is 1. The van der Waals surface area contributed by atoms with E-state index in [1.165, 1.54) is 6.33 Å². The number of aromatic nitrogens is 2. The Kier molecular flexibility index (Phi) is 8.15.